The van der Waals surface area contributed by atoms with Crippen LogP contribution in [0.25, 0.3) is 0 Å². The summed E-state index contributed by atoms with van der Waals surface area (Å²) < 4.78 is 4.50. The molecular weight excluding hydrogens is 1060 g/mol. The van der Waals surface area contributed by atoms with Gasteiger partial charge in [-0.25, -0.2) is 0 Å². The molecule has 0 bridgehead atoms. The summed E-state index contributed by atoms with van der Waals surface area (Å²) in [6.07, 6.45) is 0.984. The van der Waals surface area contributed by atoms with Gasteiger partial charge in [0, 0.05) is 43.0 Å². The zero-order valence-corrected chi connectivity index (χ0v) is 44.9. The fourth-order valence-electron chi connectivity index (χ4n) is 8.93. The number of hydrogen-bond donors (Lipinski definition) is 14. The molecule has 10 amide bonds. The van der Waals surface area contributed by atoms with Crippen molar-refractivity contribution in [1.82, 2.24) is 42.1 Å². The number of aliphatic imine (C=N–C) groups is 2. The van der Waals surface area contributed by atoms with Crippen molar-refractivity contribution < 1.29 is 62.6 Å². The lowest BCUT2D eigenvalue weighted by Gasteiger charge is -2.31. The average Bonchev–Trinajstić information content (AvgIpc) is 4.06. The van der Waals surface area contributed by atoms with Crippen LogP contribution in [0.1, 0.15) is 89.0 Å². The first-order chi connectivity index (χ1) is 37.0. The van der Waals surface area contributed by atoms with Gasteiger partial charge in [0.1, 0.15) is 48.0 Å². The van der Waals surface area contributed by atoms with Crippen molar-refractivity contribution in [2.45, 2.75) is 137 Å². The molecule has 2 aliphatic heterocycles. The highest BCUT2D eigenvalue weighted by molar-refractivity contribution is 8.77. The summed E-state index contributed by atoms with van der Waals surface area (Å²) >= 11 is 0. The third kappa shape index (κ3) is 20.8. The third-order valence-corrected chi connectivity index (χ3v) is 16.2. The van der Waals surface area contributed by atoms with E-state index in [0.717, 1.165) is 23.6 Å². The molecule has 0 unspecified atom stereocenters. The molecule has 78 heavy (non-hydrogen) atoms. The Hall–Kier alpha value is -7.57. The number of carboxylic acid groups (broad SMARTS) is 1. The molecule has 7 atom stereocenters. The summed E-state index contributed by atoms with van der Waals surface area (Å²) in [6.45, 7) is -0.790. The van der Waals surface area contributed by atoms with E-state index in [1.165, 1.54) is 22.8 Å². The number of nitrogens with one attached hydrogen (secondary N) is 7. The number of nitrogens with zero attached hydrogens (tertiary/aromatic N) is 3. The number of benzene rings is 1. The second kappa shape index (κ2) is 31.0. The van der Waals surface area contributed by atoms with Gasteiger partial charge in [-0.2, -0.15) is 0 Å². The number of primary amides is 2. The van der Waals surface area contributed by atoms with Crippen LogP contribution in [0.4, 0.5) is 0 Å². The summed E-state index contributed by atoms with van der Waals surface area (Å²) in [5.41, 5.74) is 33.8. The summed E-state index contributed by atoms with van der Waals surface area (Å²) in [4.78, 5) is 158. The number of hydrogen-bond acceptors (Lipinski definition) is 16. The molecule has 3 fully saturated rings. The summed E-state index contributed by atoms with van der Waals surface area (Å²) in [7, 11) is 3.86. The van der Waals surface area contributed by atoms with Crippen molar-refractivity contribution in [3.05, 3.63) is 29.8 Å². The maximum atomic E-state index is 14.4. The van der Waals surface area contributed by atoms with E-state index >= 15 is 0 Å². The van der Waals surface area contributed by atoms with E-state index < -0.39 is 131 Å². The van der Waals surface area contributed by atoms with Gasteiger partial charge in [-0.05, 0) is 69.1 Å². The van der Waals surface area contributed by atoms with Crippen LogP contribution in [-0.2, 0) is 59.2 Å². The van der Waals surface area contributed by atoms with Crippen molar-refractivity contribution in [2.75, 3.05) is 39.0 Å². The van der Waals surface area contributed by atoms with E-state index in [4.69, 9.17) is 39.1 Å². The van der Waals surface area contributed by atoms with Gasteiger partial charge in [-0.1, -0.05) is 46.6 Å². The van der Waals surface area contributed by atoms with E-state index in [1.54, 1.807) is 24.3 Å². The number of ether oxygens (including phenoxy) is 1. The number of methoxy groups -OCH3 is 1. The van der Waals surface area contributed by atoms with E-state index in [0.29, 0.717) is 30.6 Å². The Balaban J connectivity index is 1.75. The Morgan fingerprint density at radius 2 is 1.26 bits per heavy atom. The minimum atomic E-state index is -1.85. The fourth-order valence-corrected chi connectivity index (χ4v) is 12.3. The molecule has 0 aromatic heterocycles. The molecule has 31 heteroatoms. The van der Waals surface area contributed by atoms with Crippen LogP contribution in [0.15, 0.2) is 34.3 Å². The summed E-state index contributed by atoms with van der Waals surface area (Å²) in [5, 5.41) is 27.4. The van der Waals surface area contributed by atoms with Gasteiger partial charge in [-0.3, -0.25) is 62.7 Å². The van der Waals surface area contributed by atoms with Crippen LogP contribution in [0, 0.1) is 0 Å². The molecule has 1 aliphatic carbocycles. The van der Waals surface area contributed by atoms with Crippen LogP contribution in [-0.4, -0.2) is 173 Å². The van der Waals surface area contributed by atoms with Gasteiger partial charge in [0.25, 0.3) is 0 Å². The van der Waals surface area contributed by atoms with Crippen LogP contribution < -0.4 is 76.4 Å². The van der Waals surface area contributed by atoms with Gasteiger partial charge >= 0.3 is 5.97 Å². The molecule has 4 rings (SSSR count). The quantitative estimate of drug-likeness (QED) is 0.0320. The lowest BCUT2D eigenvalue weighted by molar-refractivity contribution is -0.143. The lowest BCUT2D eigenvalue weighted by Crippen LogP contribution is -2.59. The van der Waals surface area contributed by atoms with E-state index in [9.17, 15) is 57.8 Å². The molecule has 3 aliphatic rings. The molecule has 0 radical (unpaired) electrons. The van der Waals surface area contributed by atoms with Crippen LogP contribution in [0.5, 0.6) is 5.75 Å². The minimum absolute atomic E-state index is 0.0113. The number of rotatable bonds is 16. The number of carboxylic acids is 1. The normalized spacial score (nSPS) is 24.4. The first-order valence-corrected chi connectivity index (χ1v) is 27.5. The van der Waals surface area contributed by atoms with Gasteiger partial charge in [0.2, 0.25) is 59.1 Å². The smallest absolute Gasteiger partial charge is 0.305 e. The van der Waals surface area contributed by atoms with Crippen LogP contribution >= 0.6 is 21.6 Å². The number of carbonyl (C=O) groups is 11. The predicted octanol–water partition coefficient (Wildman–Crippen LogP) is -4.71. The van der Waals surface area contributed by atoms with Crippen LogP contribution in [0.2, 0.25) is 0 Å². The molecule has 1 aromatic rings. The highest BCUT2D eigenvalue weighted by atomic mass is 33.1. The van der Waals surface area contributed by atoms with Crippen molar-refractivity contribution in [3.63, 3.8) is 0 Å². The lowest BCUT2D eigenvalue weighted by atomic mass is 10.0. The Labute approximate surface area is 457 Å². The SMILES string of the molecule is COc1ccc(C[C@H]2NC(=O)[C@H](CC(=O)O)NC(=O)CNC(=O)[C@H](CCCN=C(N)N)NC(=O)[C@H]3CCCN3C(=O)[C@H](CC(N)=O)NC(=O)CC3(CCCC3)SSC[C@@H](C(N)=O)NC(=O)[C@H](CCCN=C(N)N)NC2=O)cc1. The number of carbonyl (C=O) groups excluding carboxylic acids is 10. The summed E-state index contributed by atoms with van der Waals surface area (Å²) in [5.74, 6) is -10.7. The first-order valence-electron chi connectivity index (χ1n) is 25.2. The van der Waals surface area contributed by atoms with Crippen LogP contribution in [0.3, 0.4) is 0 Å². The number of nitrogens with two attached hydrogens (primary N) is 6. The standard InChI is InChI=1S/C47H72N16O13S2/c1-76-26-12-10-25(11-13-26)19-29-41(72)59-28(8-5-17-55-46(52)53)40(71)62-32(38(49)69)24-77-78-47(14-2-3-15-47)22-35(65)58-31(20-34(48)64)44(75)63-18-6-9-33(63)43(74)60-27(7-4-16-54-45(50)51)39(70)56-23-36(66)57-30(21-37(67)68)42(73)61-29/h10-13,27-33H,2-9,14-24H2,1H3,(H2,48,64)(H2,49,69)(H,56,70)(H,57,66)(H,58,65)(H,59,72)(H,60,74)(H,61,73)(H,62,71)(H,67,68)(H4,50,51,54)(H4,52,53,55)/t27-,28-,29+,30-,31-,32-,33+/m0/s1. The van der Waals surface area contributed by atoms with E-state index in [-0.39, 0.29) is 82.3 Å². The number of fused-ring (bicyclic) bond motifs is 1. The fraction of sp³-hybridized carbons (Fsp3) is 0.596. The minimum Gasteiger partial charge on any atom is -0.497 e. The molecule has 2 saturated heterocycles. The summed E-state index contributed by atoms with van der Waals surface area (Å²) in [6, 6.07) is -3.87. The highest BCUT2D eigenvalue weighted by Crippen LogP contribution is 2.49. The highest BCUT2D eigenvalue weighted by Gasteiger charge is 2.42. The Bertz CT molecular complexity index is 2400. The topological polar surface area (TPSA) is 486 Å². The van der Waals surface area contributed by atoms with Gasteiger partial charge in [0.05, 0.1) is 26.5 Å². The van der Waals surface area contributed by atoms with Crippen molar-refractivity contribution >= 4 is 98.5 Å². The maximum absolute atomic E-state index is 14.4. The number of amides is 10. The predicted molar refractivity (Wildman–Crippen MR) is 287 cm³/mol. The van der Waals surface area contributed by atoms with Crippen molar-refractivity contribution in [1.29, 1.82) is 0 Å². The second-order valence-electron chi connectivity index (χ2n) is 18.9. The zero-order valence-electron chi connectivity index (χ0n) is 43.3. The van der Waals surface area contributed by atoms with Gasteiger partial charge in [-0.15, -0.1) is 0 Å². The monoisotopic (exact) mass is 1130 g/mol. The molecule has 430 valence electrons. The molecule has 1 spiro atoms. The second-order valence-corrected chi connectivity index (χ2v) is 21.8. The number of guanidine groups is 2. The molecule has 20 N–H and O–H groups in total. The molecule has 29 nitrogen and oxygen atoms in total. The largest absolute Gasteiger partial charge is 0.497 e. The Morgan fingerprint density at radius 1 is 0.692 bits per heavy atom. The van der Waals surface area contributed by atoms with Crippen molar-refractivity contribution in [3.8, 4) is 5.75 Å². The zero-order chi connectivity index (χ0) is 57.5. The molecule has 2 heterocycles. The molecule has 1 saturated carbocycles. The van der Waals surface area contributed by atoms with E-state index in [2.05, 4.69) is 47.2 Å². The van der Waals surface area contributed by atoms with Crippen molar-refractivity contribution in [2.24, 2.45) is 44.4 Å². The number of aliphatic carboxylic acids is 1. The average molecular weight is 1130 g/mol. The Kier molecular flexibility index (Phi) is 25.0. The first kappa shape index (κ1) is 63.0. The molecular formula is C47H72N16O13S2. The Morgan fingerprint density at radius 3 is 1.83 bits per heavy atom. The third-order valence-electron chi connectivity index (χ3n) is 12.8. The van der Waals surface area contributed by atoms with Gasteiger partial charge < -0.3 is 86.4 Å². The maximum Gasteiger partial charge on any atom is 0.305 e. The van der Waals surface area contributed by atoms with Gasteiger partial charge in [0.15, 0.2) is 11.9 Å². The molecule has 1 aromatic carbocycles. The van der Waals surface area contributed by atoms with E-state index in [1.807, 2.05) is 0 Å².